The van der Waals surface area contributed by atoms with Gasteiger partial charge in [0.15, 0.2) is 0 Å². The van der Waals surface area contributed by atoms with Crippen LogP contribution in [0.3, 0.4) is 0 Å². The van der Waals surface area contributed by atoms with Crippen molar-refractivity contribution in [2.45, 2.75) is 13.3 Å². The molecule has 1 aromatic rings. The highest BCUT2D eigenvalue weighted by Gasteiger charge is 2.21. The summed E-state index contributed by atoms with van der Waals surface area (Å²) in [4.78, 5) is 2.25. The van der Waals surface area contributed by atoms with E-state index in [2.05, 4.69) is 17.9 Å². The fourth-order valence-corrected chi connectivity index (χ4v) is 2.25. The van der Waals surface area contributed by atoms with Gasteiger partial charge in [-0.2, -0.15) is 5.26 Å². The van der Waals surface area contributed by atoms with Crippen LogP contribution >= 0.6 is 11.6 Å². The number of hydrogen-bond donors (Lipinski definition) is 0. The fourth-order valence-electron chi connectivity index (χ4n) is 2.04. The molecule has 0 bridgehead atoms. The molecular formula is C12H13ClN2. The van der Waals surface area contributed by atoms with E-state index in [1.54, 1.807) is 6.07 Å². The van der Waals surface area contributed by atoms with Gasteiger partial charge in [-0.25, -0.2) is 0 Å². The van der Waals surface area contributed by atoms with Gasteiger partial charge >= 0.3 is 0 Å². The Balaban J connectivity index is 2.36. The minimum atomic E-state index is 0.551. The maximum atomic E-state index is 9.06. The van der Waals surface area contributed by atoms with Crippen molar-refractivity contribution in [2.24, 2.45) is 5.92 Å². The molecule has 1 aromatic carbocycles. The molecule has 1 aliphatic rings. The first-order valence-corrected chi connectivity index (χ1v) is 5.53. The van der Waals surface area contributed by atoms with Gasteiger partial charge in [-0.15, -0.1) is 0 Å². The molecule has 1 heterocycles. The number of nitrogens with zero attached hydrogens (tertiary/aromatic N) is 2. The van der Waals surface area contributed by atoms with Crippen molar-refractivity contribution >= 4 is 17.3 Å². The van der Waals surface area contributed by atoms with E-state index in [4.69, 9.17) is 16.9 Å². The fraction of sp³-hybridized carbons (Fsp3) is 0.417. The molecule has 1 aliphatic heterocycles. The quantitative estimate of drug-likeness (QED) is 0.728. The number of halogens is 1. The molecule has 3 heteroatoms. The van der Waals surface area contributed by atoms with Gasteiger partial charge < -0.3 is 4.90 Å². The Kier molecular flexibility index (Phi) is 2.83. The minimum absolute atomic E-state index is 0.551. The van der Waals surface area contributed by atoms with Gasteiger partial charge in [0, 0.05) is 13.1 Å². The molecular weight excluding hydrogens is 208 g/mol. The molecule has 0 spiro atoms. The zero-order valence-corrected chi connectivity index (χ0v) is 9.46. The van der Waals surface area contributed by atoms with Crippen molar-refractivity contribution in [2.75, 3.05) is 18.0 Å². The topological polar surface area (TPSA) is 27.0 Å². The second-order valence-corrected chi connectivity index (χ2v) is 4.49. The summed E-state index contributed by atoms with van der Waals surface area (Å²) >= 11 is 6.00. The van der Waals surface area contributed by atoms with Crippen LogP contribution in [0, 0.1) is 17.2 Å². The zero-order chi connectivity index (χ0) is 10.8. The summed E-state index contributed by atoms with van der Waals surface area (Å²) in [5, 5.41) is 9.61. The lowest BCUT2D eigenvalue weighted by Gasteiger charge is -2.19. The van der Waals surface area contributed by atoms with Crippen LogP contribution in [-0.2, 0) is 0 Å². The predicted molar refractivity (Wildman–Crippen MR) is 62.2 cm³/mol. The van der Waals surface area contributed by atoms with Crippen LogP contribution in [0.1, 0.15) is 18.9 Å². The lowest BCUT2D eigenvalue weighted by atomic mass is 10.1. The highest BCUT2D eigenvalue weighted by Crippen LogP contribution is 2.30. The second kappa shape index (κ2) is 4.12. The maximum absolute atomic E-state index is 9.06. The monoisotopic (exact) mass is 220 g/mol. The average Bonchev–Trinajstić information content (AvgIpc) is 2.64. The largest absolute Gasteiger partial charge is 0.370 e. The highest BCUT2D eigenvalue weighted by molar-refractivity contribution is 6.32. The predicted octanol–water partition coefficient (Wildman–Crippen LogP) is 3.06. The van der Waals surface area contributed by atoms with Gasteiger partial charge in [-0.1, -0.05) is 24.6 Å². The van der Waals surface area contributed by atoms with Gasteiger partial charge in [0.1, 0.15) is 6.07 Å². The van der Waals surface area contributed by atoms with Crippen LogP contribution in [0.15, 0.2) is 18.2 Å². The molecule has 78 valence electrons. The summed E-state index contributed by atoms with van der Waals surface area (Å²) in [6, 6.07) is 7.83. The standard InChI is InChI=1S/C12H13ClN2/c1-9-5-6-15(8-9)12-4-2-3-11(13)10(12)7-14/h2-4,9H,5-6,8H2,1H3. The molecule has 0 saturated carbocycles. The Morgan fingerprint density at radius 2 is 2.33 bits per heavy atom. The molecule has 1 saturated heterocycles. The van der Waals surface area contributed by atoms with Crippen LogP contribution in [0.25, 0.3) is 0 Å². The third-order valence-corrected chi connectivity index (χ3v) is 3.18. The summed E-state index contributed by atoms with van der Waals surface area (Å²) in [6.45, 7) is 4.28. The summed E-state index contributed by atoms with van der Waals surface area (Å²) in [6.07, 6.45) is 1.19. The SMILES string of the molecule is CC1CCN(c2cccc(Cl)c2C#N)C1. The smallest absolute Gasteiger partial charge is 0.103 e. The molecule has 1 unspecified atom stereocenters. The number of hydrogen-bond acceptors (Lipinski definition) is 2. The lowest BCUT2D eigenvalue weighted by Crippen LogP contribution is -2.20. The van der Waals surface area contributed by atoms with Crippen molar-refractivity contribution in [3.05, 3.63) is 28.8 Å². The van der Waals surface area contributed by atoms with Gasteiger partial charge in [0.25, 0.3) is 0 Å². The highest BCUT2D eigenvalue weighted by atomic mass is 35.5. The van der Waals surface area contributed by atoms with Gasteiger partial charge in [0.2, 0.25) is 0 Å². The molecule has 2 nitrogen and oxygen atoms in total. The zero-order valence-electron chi connectivity index (χ0n) is 8.70. The van der Waals surface area contributed by atoms with E-state index in [9.17, 15) is 0 Å². The van der Waals surface area contributed by atoms with E-state index in [-0.39, 0.29) is 0 Å². The minimum Gasteiger partial charge on any atom is -0.370 e. The van der Waals surface area contributed by atoms with Crippen molar-refractivity contribution < 1.29 is 0 Å². The number of anilines is 1. The Labute approximate surface area is 95.1 Å². The lowest BCUT2D eigenvalue weighted by molar-refractivity contribution is 0.659. The first kappa shape index (κ1) is 10.3. The summed E-state index contributed by atoms with van der Waals surface area (Å²) in [7, 11) is 0. The summed E-state index contributed by atoms with van der Waals surface area (Å²) in [5.74, 6) is 0.704. The Morgan fingerprint density at radius 3 is 2.93 bits per heavy atom. The molecule has 0 amide bonds. The molecule has 0 radical (unpaired) electrons. The van der Waals surface area contributed by atoms with Crippen molar-refractivity contribution in [1.29, 1.82) is 5.26 Å². The van der Waals surface area contributed by atoms with E-state index >= 15 is 0 Å². The van der Waals surface area contributed by atoms with Crippen LogP contribution in [0.2, 0.25) is 5.02 Å². The first-order chi connectivity index (χ1) is 7.22. The second-order valence-electron chi connectivity index (χ2n) is 4.09. The van der Waals surface area contributed by atoms with Gasteiger partial charge in [-0.3, -0.25) is 0 Å². The Hall–Kier alpha value is -1.20. The third-order valence-electron chi connectivity index (χ3n) is 2.87. The first-order valence-electron chi connectivity index (χ1n) is 5.16. The number of nitriles is 1. The molecule has 0 aliphatic carbocycles. The average molecular weight is 221 g/mol. The Bertz CT molecular complexity index is 409. The van der Waals surface area contributed by atoms with Crippen LogP contribution in [0.4, 0.5) is 5.69 Å². The summed E-state index contributed by atoms with van der Waals surface area (Å²) < 4.78 is 0. The third kappa shape index (κ3) is 1.93. The van der Waals surface area contributed by atoms with Crippen molar-refractivity contribution in [3.63, 3.8) is 0 Å². The van der Waals surface area contributed by atoms with E-state index < -0.39 is 0 Å². The van der Waals surface area contributed by atoms with Crippen LogP contribution < -0.4 is 4.90 Å². The number of rotatable bonds is 1. The van der Waals surface area contributed by atoms with Gasteiger partial charge in [0.05, 0.1) is 16.3 Å². The van der Waals surface area contributed by atoms with Crippen molar-refractivity contribution in [3.8, 4) is 6.07 Å². The Morgan fingerprint density at radius 1 is 1.53 bits per heavy atom. The maximum Gasteiger partial charge on any atom is 0.103 e. The summed E-state index contributed by atoms with van der Waals surface area (Å²) in [5.41, 5.74) is 1.59. The van der Waals surface area contributed by atoms with E-state index in [0.717, 1.165) is 18.8 Å². The van der Waals surface area contributed by atoms with Crippen LogP contribution in [0.5, 0.6) is 0 Å². The molecule has 1 fully saturated rings. The van der Waals surface area contributed by atoms with Gasteiger partial charge in [-0.05, 0) is 24.5 Å². The molecule has 1 atom stereocenters. The molecule has 0 aromatic heterocycles. The number of benzene rings is 1. The van der Waals surface area contributed by atoms with E-state index in [1.165, 1.54) is 6.42 Å². The van der Waals surface area contributed by atoms with Crippen LogP contribution in [-0.4, -0.2) is 13.1 Å². The molecule has 2 rings (SSSR count). The molecule has 0 N–H and O–H groups in total. The normalized spacial score (nSPS) is 20.3. The molecule has 15 heavy (non-hydrogen) atoms. The van der Waals surface area contributed by atoms with E-state index in [0.29, 0.717) is 16.5 Å². The van der Waals surface area contributed by atoms with Crippen molar-refractivity contribution in [1.82, 2.24) is 0 Å². The van der Waals surface area contributed by atoms with E-state index in [1.807, 2.05) is 12.1 Å².